The van der Waals surface area contributed by atoms with Crippen LogP contribution < -0.4 is 9.47 Å². The highest BCUT2D eigenvalue weighted by atomic mass is 35.5. The van der Waals surface area contributed by atoms with Crippen LogP contribution >= 0.6 is 23.2 Å². The van der Waals surface area contributed by atoms with Gasteiger partial charge in [0.2, 0.25) is 0 Å². The third-order valence-corrected chi connectivity index (χ3v) is 3.65. The lowest BCUT2D eigenvalue weighted by molar-refractivity contribution is 0.104. The summed E-state index contributed by atoms with van der Waals surface area (Å²) in [5.41, 5.74) is 0.723. The van der Waals surface area contributed by atoms with Crippen molar-refractivity contribution >= 4 is 35.1 Å². The summed E-state index contributed by atoms with van der Waals surface area (Å²) in [7, 11) is 3.08. The maximum atomic E-state index is 12.2. The van der Waals surface area contributed by atoms with Crippen LogP contribution in [0.25, 0.3) is 6.08 Å². The minimum absolute atomic E-state index is 0.0243. The third-order valence-electron chi connectivity index (χ3n) is 3.15. The second-order valence-corrected chi connectivity index (χ2v) is 5.43. The molecule has 0 aliphatic heterocycles. The number of rotatable bonds is 5. The first-order chi connectivity index (χ1) is 11.0. The lowest BCUT2D eigenvalue weighted by Crippen LogP contribution is -1.96. The van der Waals surface area contributed by atoms with Gasteiger partial charge in [-0.05, 0) is 36.4 Å². The van der Waals surface area contributed by atoms with Crippen molar-refractivity contribution in [3.05, 3.63) is 57.6 Å². The van der Waals surface area contributed by atoms with Crippen LogP contribution in [-0.2, 0) is 0 Å². The van der Waals surface area contributed by atoms with Gasteiger partial charge in [0.15, 0.2) is 5.78 Å². The Kier molecular flexibility index (Phi) is 5.53. The van der Waals surface area contributed by atoms with E-state index in [0.717, 1.165) is 0 Å². The Morgan fingerprint density at radius 1 is 1.13 bits per heavy atom. The molecule has 0 radical (unpaired) electrons. The molecule has 0 aliphatic carbocycles. The maximum Gasteiger partial charge on any atom is 0.189 e. The Hall–Kier alpha value is -2.17. The molecule has 2 aromatic carbocycles. The average Bonchev–Trinajstić information content (AvgIpc) is 2.55. The largest absolute Gasteiger partial charge is 0.506 e. The van der Waals surface area contributed by atoms with E-state index < -0.39 is 5.78 Å². The molecule has 0 saturated heterocycles. The molecule has 0 unspecified atom stereocenters. The number of halogens is 2. The number of allylic oxidation sites excluding steroid dienone is 1. The number of phenolic OH excluding ortho intramolecular Hbond substituents is 1. The van der Waals surface area contributed by atoms with E-state index in [2.05, 4.69) is 0 Å². The van der Waals surface area contributed by atoms with Crippen molar-refractivity contribution in [1.29, 1.82) is 0 Å². The number of hydrogen-bond donors (Lipinski definition) is 1. The molecule has 6 heteroatoms. The molecule has 120 valence electrons. The molecule has 4 nitrogen and oxygen atoms in total. The van der Waals surface area contributed by atoms with Crippen LogP contribution in [-0.4, -0.2) is 25.1 Å². The molecule has 0 aromatic heterocycles. The summed E-state index contributed by atoms with van der Waals surface area (Å²) in [6.45, 7) is 0. The molecule has 0 atom stereocenters. The Bertz CT molecular complexity index is 769. The van der Waals surface area contributed by atoms with Crippen molar-refractivity contribution in [3.8, 4) is 17.2 Å². The van der Waals surface area contributed by atoms with Crippen LogP contribution in [0.15, 0.2) is 36.4 Å². The molecule has 0 amide bonds. The first-order valence-corrected chi connectivity index (χ1v) is 7.34. The molecule has 0 bridgehead atoms. The number of carbonyl (C=O) groups is 1. The van der Waals surface area contributed by atoms with Gasteiger partial charge in [0.1, 0.15) is 17.2 Å². The summed E-state index contributed by atoms with van der Waals surface area (Å²) in [5, 5.41) is 10.2. The smallest absolute Gasteiger partial charge is 0.189 e. The number of methoxy groups -OCH3 is 2. The molecule has 1 N–H and O–H groups in total. The van der Waals surface area contributed by atoms with Gasteiger partial charge >= 0.3 is 0 Å². The monoisotopic (exact) mass is 352 g/mol. The normalized spacial score (nSPS) is 10.8. The maximum absolute atomic E-state index is 12.2. The number of carbonyl (C=O) groups excluding carboxylic acids is 1. The standard InChI is InChI=1S/C17H14Cl2O4/c1-22-12-5-3-10(16(9-12)23-2)4-6-15(20)13-7-11(18)8-14(19)17(13)21/h3-9,21H,1-2H3. The second kappa shape index (κ2) is 7.40. The number of benzene rings is 2. The predicted octanol–water partition coefficient (Wildman–Crippen LogP) is 4.61. The summed E-state index contributed by atoms with van der Waals surface area (Å²) in [6.07, 6.45) is 2.89. The number of ether oxygens (including phenoxy) is 2. The summed E-state index contributed by atoms with van der Waals surface area (Å²) in [6, 6.07) is 7.94. The fourth-order valence-electron chi connectivity index (χ4n) is 1.97. The van der Waals surface area contributed by atoms with Crippen LogP contribution in [0.2, 0.25) is 10.0 Å². The molecule has 23 heavy (non-hydrogen) atoms. The van der Waals surface area contributed by atoms with E-state index in [4.69, 9.17) is 32.7 Å². The molecule has 2 rings (SSSR count). The number of phenols is 1. The lowest BCUT2D eigenvalue weighted by Gasteiger charge is -2.07. The first kappa shape index (κ1) is 17.2. The van der Waals surface area contributed by atoms with E-state index in [9.17, 15) is 9.90 Å². The van der Waals surface area contributed by atoms with Crippen molar-refractivity contribution in [2.75, 3.05) is 14.2 Å². The minimum Gasteiger partial charge on any atom is -0.506 e. The lowest BCUT2D eigenvalue weighted by atomic mass is 10.1. The van der Waals surface area contributed by atoms with E-state index in [1.807, 2.05) is 0 Å². The van der Waals surface area contributed by atoms with Gasteiger partial charge in [-0.3, -0.25) is 4.79 Å². The average molecular weight is 353 g/mol. The van der Waals surface area contributed by atoms with Crippen LogP contribution in [0.4, 0.5) is 0 Å². The van der Waals surface area contributed by atoms with Crippen molar-refractivity contribution in [2.45, 2.75) is 0 Å². The summed E-state index contributed by atoms with van der Waals surface area (Å²) in [4.78, 5) is 12.2. The van der Waals surface area contributed by atoms with Crippen LogP contribution in [0.1, 0.15) is 15.9 Å². The van der Waals surface area contributed by atoms with Gasteiger partial charge in [0, 0.05) is 16.7 Å². The first-order valence-electron chi connectivity index (χ1n) is 6.58. The van der Waals surface area contributed by atoms with E-state index in [0.29, 0.717) is 17.1 Å². The van der Waals surface area contributed by atoms with Crippen LogP contribution in [0.3, 0.4) is 0 Å². The molecular formula is C17H14Cl2O4. The van der Waals surface area contributed by atoms with Crippen molar-refractivity contribution in [3.63, 3.8) is 0 Å². The van der Waals surface area contributed by atoms with E-state index in [-0.39, 0.29) is 21.4 Å². The van der Waals surface area contributed by atoms with Crippen molar-refractivity contribution in [2.24, 2.45) is 0 Å². The zero-order chi connectivity index (χ0) is 17.0. The minimum atomic E-state index is -0.426. The van der Waals surface area contributed by atoms with Gasteiger partial charge in [-0.2, -0.15) is 0 Å². The molecule has 2 aromatic rings. The van der Waals surface area contributed by atoms with E-state index >= 15 is 0 Å². The Morgan fingerprint density at radius 3 is 2.52 bits per heavy atom. The summed E-state index contributed by atoms with van der Waals surface area (Å²) >= 11 is 11.7. The number of aromatic hydroxyl groups is 1. The molecule has 0 fully saturated rings. The second-order valence-electron chi connectivity index (χ2n) is 4.59. The Labute approximate surface area is 143 Å². The molecule has 0 spiro atoms. The van der Waals surface area contributed by atoms with E-state index in [1.54, 1.807) is 31.4 Å². The van der Waals surface area contributed by atoms with Gasteiger partial charge in [0.05, 0.1) is 24.8 Å². The summed E-state index contributed by atoms with van der Waals surface area (Å²) < 4.78 is 10.4. The quantitative estimate of drug-likeness (QED) is 0.630. The van der Waals surface area contributed by atoms with Gasteiger partial charge < -0.3 is 14.6 Å². The summed E-state index contributed by atoms with van der Waals surface area (Å²) in [5.74, 6) is 0.475. The third kappa shape index (κ3) is 3.97. The Morgan fingerprint density at radius 2 is 1.87 bits per heavy atom. The predicted molar refractivity (Wildman–Crippen MR) is 91.0 cm³/mol. The van der Waals surface area contributed by atoms with Crippen LogP contribution in [0, 0.1) is 0 Å². The topological polar surface area (TPSA) is 55.8 Å². The molecule has 0 heterocycles. The van der Waals surface area contributed by atoms with E-state index in [1.165, 1.54) is 25.3 Å². The fraction of sp³-hybridized carbons (Fsp3) is 0.118. The van der Waals surface area contributed by atoms with Gasteiger partial charge in [-0.15, -0.1) is 0 Å². The number of hydrogen-bond acceptors (Lipinski definition) is 4. The molecule has 0 aliphatic rings. The molecular weight excluding hydrogens is 339 g/mol. The van der Waals surface area contributed by atoms with Crippen molar-refractivity contribution < 1.29 is 19.4 Å². The zero-order valence-electron chi connectivity index (χ0n) is 12.5. The van der Waals surface area contributed by atoms with Gasteiger partial charge in [0.25, 0.3) is 0 Å². The fourth-order valence-corrected chi connectivity index (χ4v) is 2.46. The highest BCUT2D eigenvalue weighted by Crippen LogP contribution is 2.32. The SMILES string of the molecule is COc1ccc(C=CC(=O)c2cc(Cl)cc(Cl)c2O)c(OC)c1. The molecule has 0 saturated carbocycles. The van der Waals surface area contributed by atoms with Crippen LogP contribution in [0.5, 0.6) is 17.2 Å². The van der Waals surface area contributed by atoms with Gasteiger partial charge in [-0.25, -0.2) is 0 Å². The number of ketones is 1. The van der Waals surface area contributed by atoms with Gasteiger partial charge in [-0.1, -0.05) is 23.2 Å². The highest BCUT2D eigenvalue weighted by molar-refractivity contribution is 6.36. The zero-order valence-corrected chi connectivity index (χ0v) is 14.0. The highest BCUT2D eigenvalue weighted by Gasteiger charge is 2.13. The Balaban J connectivity index is 2.32. The van der Waals surface area contributed by atoms with Crippen molar-refractivity contribution in [1.82, 2.24) is 0 Å².